The Kier molecular flexibility index (Phi) is 8.54. The lowest BCUT2D eigenvalue weighted by Crippen LogP contribution is -2.41. The molecule has 2 rings (SSSR count). The maximum atomic E-state index is 13.8. The second-order valence-corrected chi connectivity index (χ2v) is 8.46. The van der Waals surface area contributed by atoms with Gasteiger partial charge in [0.1, 0.15) is 0 Å². The second-order valence-electron chi connectivity index (χ2n) is 8.46. The second kappa shape index (κ2) is 10.5. The summed E-state index contributed by atoms with van der Waals surface area (Å²) in [6.45, 7) is 7.68. The van der Waals surface area contributed by atoms with E-state index in [2.05, 4.69) is 11.9 Å². The average Bonchev–Trinajstić information content (AvgIpc) is 2.76. The first-order valence-corrected chi connectivity index (χ1v) is 10.7. The molecule has 0 bridgehead atoms. The van der Waals surface area contributed by atoms with Crippen molar-refractivity contribution < 1.29 is 31.5 Å². The van der Waals surface area contributed by atoms with Gasteiger partial charge in [-0.25, -0.2) is 13.2 Å². The van der Waals surface area contributed by atoms with Gasteiger partial charge in [-0.3, -0.25) is 4.79 Å². The number of rotatable bonds is 10. The van der Waals surface area contributed by atoms with Crippen LogP contribution in [0.4, 0.5) is 27.6 Å². The van der Waals surface area contributed by atoms with Gasteiger partial charge in [0.05, 0.1) is 6.61 Å². The van der Waals surface area contributed by atoms with E-state index in [0.29, 0.717) is 26.1 Å². The fourth-order valence-electron chi connectivity index (χ4n) is 3.46. The maximum absolute atomic E-state index is 13.8. The van der Waals surface area contributed by atoms with Crippen molar-refractivity contribution in [3.8, 4) is 0 Å². The molecule has 1 aliphatic heterocycles. The van der Waals surface area contributed by atoms with Crippen molar-refractivity contribution >= 4 is 11.6 Å². The highest BCUT2D eigenvalue weighted by molar-refractivity contribution is 5.78. The number of anilines is 1. The monoisotopic (exact) mass is 462 g/mol. The lowest BCUT2D eigenvalue weighted by atomic mass is 9.96. The summed E-state index contributed by atoms with van der Waals surface area (Å²) < 4.78 is 73.4. The lowest BCUT2D eigenvalue weighted by molar-refractivity contribution is -0.136. The van der Waals surface area contributed by atoms with Gasteiger partial charge in [-0.15, -0.1) is 0 Å². The SMILES string of the molecule is C=C(Nc1cc(C(C)(F)F)cc(C(F)(F)CF)c1)OCC1CCN(C(=O)[C@H](C)CC)CC1. The first-order valence-electron chi connectivity index (χ1n) is 10.7. The van der Waals surface area contributed by atoms with Gasteiger partial charge < -0.3 is 15.0 Å². The minimum atomic E-state index is -3.89. The largest absolute Gasteiger partial charge is 0.479 e. The fraction of sp³-hybridized carbons (Fsp3) is 0.609. The average molecular weight is 463 g/mol. The van der Waals surface area contributed by atoms with Crippen LogP contribution in [0, 0.1) is 11.8 Å². The molecule has 1 amide bonds. The van der Waals surface area contributed by atoms with Gasteiger partial charge in [0, 0.05) is 42.7 Å². The number of alkyl halides is 5. The molecule has 0 aliphatic carbocycles. The predicted molar refractivity (Wildman–Crippen MR) is 113 cm³/mol. The van der Waals surface area contributed by atoms with Gasteiger partial charge in [-0.1, -0.05) is 13.8 Å². The minimum absolute atomic E-state index is 0.00676. The predicted octanol–water partition coefficient (Wildman–Crippen LogP) is 6.04. The summed E-state index contributed by atoms with van der Waals surface area (Å²) in [5, 5.41) is 2.61. The minimum Gasteiger partial charge on any atom is -0.479 e. The van der Waals surface area contributed by atoms with Crippen molar-refractivity contribution in [2.45, 2.75) is 51.9 Å². The quantitative estimate of drug-likeness (QED) is 0.340. The molecule has 0 unspecified atom stereocenters. The molecule has 180 valence electrons. The summed E-state index contributed by atoms with van der Waals surface area (Å²) >= 11 is 0. The Labute approximate surface area is 185 Å². The van der Waals surface area contributed by atoms with Gasteiger partial charge in [-0.2, -0.15) is 8.78 Å². The van der Waals surface area contributed by atoms with Crippen LogP contribution in [0.3, 0.4) is 0 Å². The standard InChI is InChI=1S/C23H31F5N2O2/c1-5-15(2)21(31)30-8-6-17(7-9-30)13-32-16(3)29-20-11-18(22(4,25)26)10-19(12-20)23(27,28)14-24/h10-12,15,17,29H,3,5-9,13-14H2,1-2,4H3/t15-/m1/s1. The molecule has 1 atom stereocenters. The Morgan fingerprint density at radius 2 is 1.81 bits per heavy atom. The zero-order valence-electron chi connectivity index (χ0n) is 18.7. The molecule has 1 aromatic rings. The normalized spacial score (nSPS) is 16.6. The van der Waals surface area contributed by atoms with E-state index in [1.165, 1.54) is 0 Å². The number of carbonyl (C=O) groups is 1. The number of amides is 1. The van der Waals surface area contributed by atoms with Gasteiger partial charge in [0.2, 0.25) is 5.91 Å². The third-order valence-electron chi connectivity index (χ3n) is 5.77. The summed E-state index contributed by atoms with van der Waals surface area (Å²) in [5.41, 5.74) is -1.62. The molecule has 1 saturated heterocycles. The number of piperidine rings is 1. The molecule has 1 aliphatic rings. The van der Waals surface area contributed by atoms with E-state index < -0.39 is 29.6 Å². The third-order valence-corrected chi connectivity index (χ3v) is 5.77. The van der Waals surface area contributed by atoms with Crippen molar-refractivity contribution in [2.75, 3.05) is 31.7 Å². The Hall–Kier alpha value is -2.32. The molecule has 0 radical (unpaired) electrons. The number of nitrogens with one attached hydrogen (secondary N) is 1. The first-order chi connectivity index (χ1) is 14.9. The fourth-order valence-corrected chi connectivity index (χ4v) is 3.46. The Balaban J connectivity index is 1.96. The van der Waals surface area contributed by atoms with E-state index in [9.17, 15) is 26.7 Å². The van der Waals surface area contributed by atoms with E-state index in [1.807, 2.05) is 18.7 Å². The number of halogens is 5. The number of carbonyl (C=O) groups excluding carboxylic acids is 1. The first kappa shape index (κ1) is 25.9. The van der Waals surface area contributed by atoms with Crippen LogP contribution >= 0.6 is 0 Å². The highest BCUT2D eigenvalue weighted by Gasteiger charge is 2.35. The van der Waals surface area contributed by atoms with E-state index in [-0.39, 0.29) is 35.9 Å². The summed E-state index contributed by atoms with van der Waals surface area (Å²) in [7, 11) is 0. The highest BCUT2D eigenvalue weighted by atomic mass is 19.3. The molecule has 0 aromatic heterocycles. The van der Waals surface area contributed by atoms with E-state index >= 15 is 0 Å². The summed E-state index contributed by atoms with van der Waals surface area (Å²) in [4.78, 5) is 14.1. The van der Waals surface area contributed by atoms with Crippen molar-refractivity contribution in [1.29, 1.82) is 0 Å². The molecule has 32 heavy (non-hydrogen) atoms. The van der Waals surface area contributed by atoms with E-state index in [4.69, 9.17) is 4.74 Å². The van der Waals surface area contributed by atoms with Crippen LogP contribution in [0.1, 0.15) is 51.2 Å². The lowest BCUT2D eigenvalue weighted by Gasteiger charge is -2.33. The molecule has 1 aromatic carbocycles. The van der Waals surface area contributed by atoms with Crippen LogP contribution in [0.2, 0.25) is 0 Å². The zero-order valence-corrected chi connectivity index (χ0v) is 18.7. The molecule has 0 saturated carbocycles. The van der Waals surface area contributed by atoms with Crippen LogP contribution in [0.25, 0.3) is 0 Å². The molecule has 1 heterocycles. The van der Waals surface area contributed by atoms with Crippen molar-refractivity contribution in [3.63, 3.8) is 0 Å². The molecular weight excluding hydrogens is 431 g/mol. The van der Waals surface area contributed by atoms with Crippen LogP contribution in [0.5, 0.6) is 0 Å². The van der Waals surface area contributed by atoms with Crippen LogP contribution in [0.15, 0.2) is 30.7 Å². The summed E-state index contributed by atoms with van der Waals surface area (Å²) in [6.07, 6.45) is 2.29. The number of hydrogen-bond acceptors (Lipinski definition) is 3. The Bertz CT molecular complexity index is 802. The maximum Gasteiger partial charge on any atom is 0.301 e. The zero-order chi connectivity index (χ0) is 24.1. The van der Waals surface area contributed by atoms with Gasteiger partial charge in [0.15, 0.2) is 12.6 Å². The van der Waals surface area contributed by atoms with Crippen LogP contribution in [-0.4, -0.2) is 37.2 Å². The van der Waals surface area contributed by atoms with E-state index in [1.54, 1.807) is 0 Å². The number of likely N-dealkylation sites (tertiary alicyclic amines) is 1. The highest BCUT2D eigenvalue weighted by Crippen LogP contribution is 2.36. The third kappa shape index (κ3) is 6.84. The van der Waals surface area contributed by atoms with Crippen molar-refractivity contribution in [3.05, 3.63) is 41.8 Å². The summed E-state index contributed by atoms with van der Waals surface area (Å²) in [5.74, 6) is -6.96. The smallest absolute Gasteiger partial charge is 0.301 e. The molecule has 4 nitrogen and oxygen atoms in total. The van der Waals surface area contributed by atoms with Gasteiger partial charge >= 0.3 is 5.92 Å². The Morgan fingerprint density at radius 1 is 1.22 bits per heavy atom. The number of benzene rings is 1. The molecule has 1 N–H and O–H groups in total. The van der Waals surface area contributed by atoms with Crippen molar-refractivity contribution in [2.24, 2.45) is 11.8 Å². The number of ether oxygens (including phenoxy) is 1. The molecular formula is C23H31F5N2O2. The Morgan fingerprint density at radius 3 is 2.34 bits per heavy atom. The van der Waals surface area contributed by atoms with Gasteiger partial charge in [0.25, 0.3) is 5.92 Å². The number of nitrogens with zero attached hydrogens (tertiary/aromatic N) is 1. The molecule has 0 spiro atoms. The summed E-state index contributed by atoms with van der Waals surface area (Å²) in [6, 6.07) is 2.51. The van der Waals surface area contributed by atoms with Crippen LogP contribution in [-0.2, 0) is 21.4 Å². The van der Waals surface area contributed by atoms with E-state index in [0.717, 1.165) is 31.4 Å². The molecule has 1 fully saturated rings. The van der Waals surface area contributed by atoms with Crippen LogP contribution < -0.4 is 5.32 Å². The number of hydrogen-bond donors (Lipinski definition) is 1. The van der Waals surface area contributed by atoms with Crippen molar-refractivity contribution in [1.82, 2.24) is 4.90 Å². The molecule has 9 heteroatoms. The topological polar surface area (TPSA) is 41.6 Å². The van der Waals surface area contributed by atoms with Gasteiger partial charge in [-0.05, 0) is 50.0 Å².